The van der Waals surface area contributed by atoms with Gasteiger partial charge in [0.15, 0.2) is 5.13 Å². The summed E-state index contributed by atoms with van der Waals surface area (Å²) in [4.78, 5) is 16.2. The number of amides is 1. The predicted molar refractivity (Wildman–Crippen MR) is 119 cm³/mol. The highest BCUT2D eigenvalue weighted by molar-refractivity contribution is 7.13. The van der Waals surface area contributed by atoms with Crippen LogP contribution in [0.3, 0.4) is 0 Å². The van der Waals surface area contributed by atoms with Crippen LogP contribution in [-0.2, 0) is 17.6 Å². The van der Waals surface area contributed by atoms with Crippen LogP contribution in [0.25, 0.3) is 0 Å². The second kappa shape index (κ2) is 10.2. The first-order valence-electron chi connectivity index (χ1n) is 13.5. The Balaban J connectivity index is 1.62. The molecule has 29 heavy (non-hydrogen) atoms. The van der Waals surface area contributed by atoms with Crippen molar-refractivity contribution >= 4 is 28.1 Å². The van der Waals surface area contributed by atoms with Crippen molar-refractivity contribution in [2.45, 2.75) is 45.0 Å². The Kier molecular flexibility index (Phi) is 4.25. The van der Waals surface area contributed by atoms with E-state index in [-0.39, 0.29) is 45.8 Å². The lowest BCUT2D eigenvalue weighted by Gasteiger charge is -2.11. The normalized spacial score (nSPS) is 17.4. The van der Waals surface area contributed by atoms with Crippen LogP contribution in [0.15, 0.2) is 53.8 Å². The molecule has 0 unspecified atom stereocenters. The molecule has 5 nitrogen and oxygen atoms in total. The zero-order valence-electron chi connectivity index (χ0n) is 24.8. The van der Waals surface area contributed by atoms with E-state index in [0.29, 0.717) is 18.5 Å². The van der Waals surface area contributed by atoms with E-state index < -0.39 is 36.8 Å². The number of thiazole rings is 1. The van der Waals surface area contributed by atoms with Crippen LogP contribution in [0.1, 0.15) is 60.0 Å². The molecule has 0 aliphatic heterocycles. The molecule has 0 aliphatic rings. The summed E-state index contributed by atoms with van der Waals surface area (Å²) in [6.07, 6.45) is -6.04. The third-order valence-corrected chi connectivity index (χ3v) is 4.54. The Morgan fingerprint density at radius 2 is 2.00 bits per heavy atom. The summed E-state index contributed by atoms with van der Waals surface area (Å²) >= 11 is 0.770. The number of nitrogen functional groups attached to an aromatic ring is 1. The predicted octanol–water partition coefficient (Wildman–Crippen LogP) is 4.66. The molecule has 0 fully saturated rings. The van der Waals surface area contributed by atoms with Gasteiger partial charge in [-0.05, 0) is 49.4 Å². The summed E-state index contributed by atoms with van der Waals surface area (Å²) < 4.78 is 72.5. The Bertz CT molecular complexity index is 1320. The van der Waals surface area contributed by atoms with Crippen molar-refractivity contribution in [1.82, 2.24) is 4.98 Å². The fourth-order valence-electron chi connectivity index (χ4n) is 2.49. The number of nitrogens with two attached hydrogens (primary N) is 1. The molecule has 6 heteroatoms. The molecule has 0 saturated carbocycles. The van der Waals surface area contributed by atoms with Gasteiger partial charge in [-0.25, -0.2) is 4.98 Å². The van der Waals surface area contributed by atoms with Crippen LogP contribution in [0, 0.1) is 6.92 Å². The minimum Gasteiger partial charge on any atom is -0.388 e. The van der Waals surface area contributed by atoms with E-state index in [9.17, 15) is 9.90 Å². The van der Waals surface area contributed by atoms with Gasteiger partial charge >= 0.3 is 0 Å². The average molecular weight is 419 g/mol. The quantitative estimate of drug-likeness (QED) is 0.471. The Morgan fingerprint density at radius 1 is 1.28 bits per heavy atom. The Morgan fingerprint density at radius 3 is 2.66 bits per heavy atom. The van der Waals surface area contributed by atoms with Gasteiger partial charge in [-0.2, -0.15) is 0 Å². The van der Waals surface area contributed by atoms with Crippen molar-refractivity contribution in [3.8, 4) is 0 Å². The van der Waals surface area contributed by atoms with E-state index in [0.717, 1.165) is 16.9 Å². The molecular weight excluding hydrogens is 382 g/mol. The molecule has 1 aromatic heterocycles. The minimum absolute atomic E-state index is 0.00987. The van der Waals surface area contributed by atoms with Crippen molar-refractivity contribution in [2.24, 2.45) is 0 Å². The summed E-state index contributed by atoms with van der Waals surface area (Å²) in [6.45, 7) is 1.43. The van der Waals surface area contributed by atoms with Gasteiger partial charge < -0.3 is 16.2 Å². The number of carbonyl (C=O) groups excluding carboxylic acids is 1. The lowest BCUT2D eigenvalue weighted by molar-refractivity contribution is -0.115. The Labute approximate surface area is 188 Å². The van der Waals surface area contributed by atoms with Gasteiger partial charge in [-0.3, -0.25) is 4.79 Å². The number of aromatic nitrogens is 1. The van der Waals surface area contributed by atoms with Crippen molar-refractivity contribution in [3.05, 3.63) is 76.2 Å². The van der Waals surface area contributed by atoms with Gasteiger partial charge in [0.2, 0.25) is 5.91 Å². The summed E-state index contributed by atoms with van der Waals surface area (Å²) in [6, 6.07) is 4.92. The number of nitrogens with zero attached hydrogens (tertiary/aromatic N) is 1. The second-order valence-electron chi connectivity index (χ2n) is 6.28. The number of nitrogens with one attached hydrogen (secondary N) is 1. The molecule has 3 rings (SSSR count). The summed E-state index contributed by atoms with van der Waals surface area (Å²) in [5, 5.41) is 12.9. The number of aliphatic hydroxyl groups is 1. The number of hydrogen-bond acceptors (Lipinski definition) is 5. The molecule has 4 N–H and O–H groups in total. The maximum Gasteiger partial charge on any atom is 0.230 e. The Hall–Kier alpha value is -2.70. The van der Waals surface area contributed by atoms with Crippen molar-refractivity contribution in [1.29, 1.82) is 0 Å². The van der Waals surface area contributed by atoms with Crippen LogP contribution in [0.2, 0.25) is 0 Å². The number of anilines is 2. The first kappa shape index (κ1) is 12.1. The van der Waals surface area contributed by atoms with Crippen LogP contribution >= 0.6 is 11.3 Å². The number of rotatable bonds is 9. The first-order valence-corrected chi connectivity index (χ1v) is 9.78. The van der Waals surface area contributed by atoms with Gasteiger partial charge in [0.05, 0.1) is 25.0 Å². The number of aryl methyl sites for hydroxylation is 1. The van der Waals surface area contributed by atoms with Crippen LogP contribution < -0.4 is 11.1 Å². The monoisotopic (exact) mass is 418 g/mol. The molecule has 2 aromatic carbocycles. The van der Waals surface area contributed by atoms with Gasteiger partial charge in [0.1, 0.15) is 0 Å². The lowest BCUT2D eigenvalue weighted by atomic mass is 10.0. The highest BCUT2D eigenvalue weighted by Gasteiger charge is 2.08. The fraction of sp³-hybridized carbons (Fsp3) is 0.304. The van der Waals surface area contributed by atoms with Crippen LogP contribution in [0.4, 0.5) is 10.8 Å². The standard InChI is InChI=1S/C23H27N3O2S/c1-16-6-10-18(11-7-16)21(27)5-3-2-4-17-8-12-19(13-9-17)25-22(28)14-20-15-29-23(24)26-20/h6-13,15,21,27H,2-5,14H2,1H3,(H2,24,26)(H,25,28)/t21-/m0/s1/i5D2,6D,7D,10D,11D,14D2,15D. The highest BCUT2D eigenvalue weighted by Crippen LogP contribution is 2.21. The topological polar surface area (TPSA) is 88.2 Å². The van der Waals surface area contributed by atoms with E-state index in [4.69, 9.17) is 18.1 Å². The summed E-state index contributed by atoms with van der Waals surface area (Å²) in [5.41, 5.74) is 6.01. The number of aliphatic hydroxyl groups excluding tert-OH is 1. The SMILES string of the molecule is [2H]c1sc(N)nc1C([2H])([2H])C(=O)Nc1ccc(CCCC([2H])([2H])[C@H](O)c2c([2H])c([2H])c(C)c([2H])c2[2H])cc1. The molecule has 1 heterocycles. The van der Waals surface area contributed by atoms with Gasteiger partial charge in [0.25, 0.3) is 0 Å². The van der Waals surface area contributed by atoms with Gasteiger partial charge in [-0.15, -0.1) is 11.3 Å². The maximum atomic E-state index is 12.5. The van der Waals surface area contributed by atoms with E-state index in [2.05, 4.69) is 10.3 Å². The molecule has 3 aromatic rings. The molecule has 1 atom stereocenters. The third-order valence-electron chi connectivity index (χ3n) is 3.94. The largest absolute Gasteiger partial charge is 0.388 e. The van der Waals surface area contributed by atoms with Crippen molar-refractivity contribution < 1.29 is 22.2 Å². The second-order valence-corrected chi connectivity index (χ2v) is 7.10. The van der Waals surface area contributed by atoms with Crippen LogP contribution in [-0.4, -0.2) is 16.0 Å². The third kappa shape index (κ3) is 6.69. The van der Waals surface area contributed by atoms with Gasteiger partial charge in [0, 0.05) is 16.5 Å². The molecular formula is C23H27N3O2S. The average Bonchev–Trinajstić information content (AvgIpc) is 3.21. The minimum atomic E-state index is -2.56. The van der Waals surface area contributed by atoms with Crippen molar-refractivity contribution in [2.75, 3.05) is 11.1 Å². The molecule has 0 aliphatic carbocycles. The smallest absolute Gasteiger partial charge is 0.230 e. The van der Waals surface area contributed by atoms with Crippen LogP contribution in [0.5, 0.6) is 0 Å². The van der Waals surface area contributed by atoms with E-state index >= 15 is 0 Å². The molecule has 1 amide bonds. The first-order chi connectivity index (χ1) is 17.6. The fourth-order valence-corrected chi connectivity index (χ4v) is 2.92. The maximum absolute atomic E-state index is 12.5. The molecule has 0 spiro atoms. The number of benzene rings is 2. The van der Waals surface area contributed by atoms with E-state index in [1.165, 1.54) is 6.92 Å². The van der Waals surface area contributed by atoms with E-state index in [1.54, 1.807) is 24.3 Å². The summed E-state index contributed by atoms with van der Waals surface area (Å²) in [5.74, 6) is -1.00. The summed E-state index contributed by atoms with van der Waals surface area (Å²) in [7, 11) is 0. The molecule has 0 radical (unpaired) electrons. The number of hydrogen-bond donors (Lipinski definition) is 3. The molecule has 152 valence electrons. The molecule has 0 saturated heterocycles. The zero-order chi connectivity index (χ0) is 28.6. The molecule has 0 bridgehead atoms. The van der Waals surface area contributed by atoms with Crippen molar-refractivity contribution in [3.63, 3.8) is 0 Å². The lowest BCUT2D eigenvalue weighted by Crippen LogP contribution is -2.14. The zero-order valence-corrected chi connectivity index (χ0v) is 16.6. The highest BCUT2D eigenvalue weighted by atomic mass is 32.1. The van der Waals surface area contributed by atoms with E-state index in [1.807, 2.05) is 0 Å². The number of carbonyl (C=O) groups is 1. The van der Waals surface area contributed by atoms with Gasteiger partial charge in [-0.1, -0.05) is 48.3 Å².